The molecular weight excluding hydrogens is 396 g/mol. The van der Waals surface area contributed by atoms with Crippen LogP contribution < -0.4 is 0 Å². The topological polar surface area (TPSA) is 157 Å². The van der Waals surface area contributed by atoms with Gasteiger partial charge >= 0.3 is 0 Å². The van der Waals surface area contributed by atoms with Gasteiger partial charge in [0.25, 0.3) is 0 Å². The van der Waals surface area contributed by atoms with Crippen molar-refractivity contribution in [3.05, 3.63) is 11.1 Å². The molecule has 6 N–H and O–H groups in total. The van der Waals surface area contributed by atoms with Gasteiger partial charge in [0.05, 0.1) is 18.3 Å². The van der Waals surface area contributed by atoms with Gasteiger partial charge in [-0.1, -0.05) is 12.5 Å². The van der Waals surface area contributed by atoms with E-state index in [9.17, 15) is 35.4 Å². The maximum Gasteiger partial charge on any atom is 0.187 e. The molecule has 9 atom stereocenters. The zero-order valence-corrected chi connectivity index (χ0v) is 17.9. The Kier molecular flexibility index (Phi) is 6.50. The predicted octanol–water partition coefficient (Wildman–Crippen LogP) is -0.991. The van der Waals surface area contributed by atoms with E-state index in [4.69, 9.17) is 9.47 Å². The van der Waals surface area contributed by atoms with Crippen LogP contribution in [-0.4, -0.2) is 91.0 Å². The van der Waals surface area contributed by atoms with Gasteiger partial charge in [0, 0.05) is 12.8 Å². The van der Waals surface area contributed by atoms with Crippen LogP contribution in [0.5, 0.6) is 0 Å². The molecule has 1 heterocycles. The Balaban J connectivity index is 1.95. The minimum Gasteiger partial charge on any atom is -0.394 e. The summed E-state index contributed by atoms with van der Waals surface area (Å²) in [5.41, 5.74) is -2.03. The number of ketones is 1. The Labute approximate surface area is 175 Å². The molecule has 0 radical (unpaired) electrons. The van der Waals surface area contributed by atoms with Crippen LogP contribution in [0.15, 0.2) is 11.1 Å². The third-order valence-corrected chi connectivity index (χ3v) is 7.22. The van der Waals surface area contributed by atoms with Crippen molar-refractivity contribution >= 4 is 5.78 Å². The highest BCUT2D eigenvalue weighted by molar-refractivity contribution is 5.98. The minimum atomic E-state index is -1.81. The van der Waals surface area contributed by atoms with Crippen LogP contribution in [0.3, 0.4) is 0 Å². The average molecular weight is 430 g/mol. The zero-order valence-electron chi connectivity index (χ0n) is 17.9. The zero-order chi connectivity index (χ0) is 22.6. The van der Waals surface area contributed by atoms with Crippen LogP contribution in [0.1, 0.15) is 47.0 Å². The molecule has 9 heteroatoms. The quantitative estimate of drug-likeness (QED) is 0.329. The number of hydrogen-bond donors (Lipinski definition) is 6. The van der Waals surface area contributed by atoms with Crippen molar-refractivity contribution in [2.24, 2.45) is 11.8 Å². The smallest absolute Gasteiger partial charge is 0.187 e. The number of allylic oxidation sites excluding steroid dienone is 1. The maximum absolute atomic E-state index is 12.3. The van der Waals surface area contributed by atoms with Gasteiger partial charge in [0.2, 0.25) is 0 Å². The fraction of sp³-hybridized carbons (Fsp3) is 0.857. The molecule has 172 valence electrons. The van der Waals surface area contributed by atoms with Crippen molar-refractivity contribution in [3.63, 3.8) is 0 Å². The first-order chi connectivity index (χ1) is 13.8. The summed E-state index contributed by atoms with van der Waals surface area (Å²) in [6.45, 7) is 5.98. The normalized spacial score (nSPS) is 45.5. The van der Waals surface area contributed by atoms with Gasteiger partial charge in [-0.25, -0.2) is 0 Å². The number of carbonyl (C=O) groups is 1. The molecule has 0 aromatic carbocycles. The van der Waals surface area contributed by atoms with Crippen LogP contribution in [0, 0.1) is 11.8 Å². The highest BCUT2D eigenvalue weighted by atomic mass is 16.7. The van der Waals surface area contributed by atoms with E-state index in [1.165, 1.54) is 13.8 Å². The summed E-state index contributed by atoms with van der Waals surface area (Å²) < 4.78 is 11.4. The van der Waals surface area contributed by atoms with E-state index in [-0.39, 0.29) is 30.5 Å². The summed E-state index contributed by atoms with van der Waals surface area (Å²) in [6.07, 6.45) is -7.70. The van der Waals surface area contributed by atoms with Crippen LogP contribution in [0.4, 0.5) is 0 Å². The van der Waals surface area contributed by atoms with Gasteiger partial charge in [-0.2, -0.15) is 0 Å². The second kappa shape index (κ2) is 8.22. The molecule has 0 amide bonds. The third-order valence-electron chi connectivity index (χ3n) is 7.22. The lowest BCUT2D eigenvalue weighted by atomic mass is 9.76. The van der Waals surface area contributed by atoms with Crippen molar-refractivity contribution in [2.75, 3.05) is 6.61 Å². The molecule has 0 unspecified atom stereocenters. The van der Waals surface area contributed by atoms with E-state index in [2.05, 4.69) is 0 Å². The van der Waals surface area contributed by atoms with E-state index in [0.717, 1.165) is 5.57 Å². The summed E-state index contributed by atoms with van der Waals surface area (Å²) >= 11 is 0. The first-order valence-electron chi connectivity index (χ1n) is 10.4. The number of carbonyl (C=O) groups excluding carboxylic acids is 1. The molecule has 3 rings (SSSR count). The fourth-order valence-corrected chi connectivity index (χ4v) is 4.96. The first kappa shape index (κ1) is 23.7. The van der Waals surface area contributed by atoms with Crippen molar-refractivity contribution in [3.8, 4) is 0 Å². The van der Waals surface area contributed by atoms with E-state index in [1.807, 2.05) is 6.92 Å². The molecule has 1 saturated carbocycles. The van der Waals surface area contributed by atoms with Gasteiger partial charge in [-0.05, 0) is 44.6 Å². The average Bonchev–Trinajstić information content (AvgIpc) is 2.88. The van der Waals surface area contributed by atoms with Crippen LogP contribution in [0.2, 0.25) is 0 Å². The minimum absolute atomic E-state index is 0.0190. The lowest BCUT2D eigenvalue weighted by molar-refractivity contribution is -0.333. The predicted molar refractivity (Wildman–Crippen MR) is 104 cm³/mol. The van der Waals surface area contributed by atoms with Crippen LogP contribution >= 0.6 is 0 Å². The van der Waals surface area contributed by atoms with Crippen molar-refractivity contribution in [1.82, 2.24) is 0 Å². The van der Waals surface area contributed by atoms with Gasteiger partial charge in [0.15, 0.2) is 12.1 Å². The van der Waals surface area contributed by atoms with Gasteiger partial charge in [-0.3, -0.25) is 4.79 Å². The SMILES string of the molecule is CC1=C2C[C@@](O)(C(C)(C)O)[C@@H](O[C@@H]3O[C@H](CO)[C@@H](O)[C@H](O)[C@H]3O)C[C@@H](C)[C@@H]2CC1=O. The number of fused-ring (bicyclic) bond motifs is 1. The Morgan fingerprint density at radius 1 is 1.20 bits per heavy atom. The van der Waals surface area contributed by atoms with E-state index in [1.54, 1.807) is 6.92 Å². The first-order valence-corrected chi connectivity index (χ1v) is 10.4. The fourth-order valence-electron chi connectivity index (χ4n) is 4.96. The molecule has 2 fully saturated rings. The molecule has 0 aromatic heterocycles. The summed E-state index contributed by atoms with van der Waals surface area (Å²) in [5, 5.41) is 62.3. The van der Waals surface area contributed by atoms with Crippen LogP contribution in [-0.2, 0) is 14.3 Å². The second-order valence-electron chi connectivity index (χ2n) is 9.58. The van der Waals surface area contributed by atoms with Gasteiger partial charge < -0.3 is 40.1 Å². The molecule has 2 aliphatic carbocycles. The Morgan fingerprint density at radius 3 is 2.40 bits per heavy atom. The van der Waals surface area contributed by atoms with E-state index >= 15 is 0 Å². The highest BCUT2D eigenvalue weighted by Gasteiger charge is 2.56. The van der Waals surface area contributed by atoms with Gasteiger partial charge in [-0.15, -0.1) is 0 Å². The van der Waals surface area contributed by atoms with E-state index < -0.39 is 54.6 Å². The molecule has 1 aliphatic heterocycles. The molecule has 1 saturated heterocycles. The molecule has 0 bridgehead atoms. The number of Topliss-reactive ketones (excluding diaryl/α,β-unsaturated/α-hetero) is 1. The largest absolute Gasteiger partial charge is 0.394 e. The summed E-state index contributed by atoms with van der Waals surface area (Å²) in [4.78, 5) is 12.3. The number of aliphatic hydroxyl groups excluding tert-OH is 4. The summed E-state index contributed by atoms with van der Waals surface area (Å²) in [5.74, 6) is -0.101. The van der Waals surface area contributed by atoms with E-state index in [0.29, 0.717) is 12.0 Å². The molecule has 9 nitrogen and oxygen atoms in total. The number of aliphatic hydroxyl groups is 6. The number of rotatable bonds is 4. The highest BCUT2D eigenvalue weighted by Crippen LogP contribution is 2.49. The van der Waals surface area contributed by atoms with Crippen molar-refractivity contribution < 1.29 is 44.9 Å². The van der Waals surface area contributed by atoms with Crippen LogP contribution in [0.25, 0.3) is 0 Å². The Hall–Kier alpha value is -0.910. The monoisotopic (exact) mass is 430 g/mol. The maximum atomic E-state index is 12.3. The lowest BCUT2D eigenvalue weighted by Gasteiger charge is -2.47. The molecular formula is C21H34O9. The molecule has 0 aromatic rings. The Morgan fingerprint density at radius 2 is 1.83 bits per heavy atom. The van der Waals surface area contributed by atoms with Crippen molar-refractivity contribution in [1.29, 1.82) is 0 Å². The summed E-state index contributed by atoms with van der Waals surface area (Å²) in [6, 6.07) is 0. The second-order valence-corrected chi connectivity index (χ2v) is 9.58. The number of hydrogen-bond acceptors (Lipinski definition) is 9. The Bertz CT molecular complexity index is 697. The van der Waals surface area contributed by atoms with Crippen molar-refractivity contribution in [2.45, 2.75) is 95.0 Å². The lowest BCUT2D eigenvalue weighted by Crippen LogP contribution is -2.64. The standard InChI is InChI=1S/C21H34O9/c1-9-5-15(30-19-18(26)17(25)16(24)14(8-22)29-19)21(28,20(3,4)27)7-12-10(2)13(23)6-11(9)12/h9,11,14-19,22,24-28H,5-8H2,1-4H3/t9-,11+,14-,15+,16-,17+,18-,19+,21+/m1/s1. The number of ether oxygens (including phenoxy) is 2. The molecule has 3 aliphatic rings. The van der Waals surface area contributed by atoms with Gasteiger partial charge in [0.1, 0.15) is 30.0 Å². The molecule has 0 spiro atoms. The molecule has 30 heavy (non-hydrogen) atoms. The third kappa shape index (κ3) is 3.86. The summed E-state index contributed by atoms with van der Waals surface area (Å²) in [7, 11) is 0.